The van der Waals surface area contributed by atoms with Gasteiger partial charge < -0.3 is 15.4 Å². The molecule has 5 heteroatoms. The van der Waals surface area contributed by atoms with E-state index in [1.807, 2.05) is 13.0 Å². The van der Waals surface area contributed by atoms with E-state index < -0.39 is 0 Å². The molecule has 20 heavy (non-hydrogen) atoms. The largest absolute Gasteiger partial charge is 0.374 e. The topological polar surface area (TPSA) is 59.1 Å². The summed E-state index contributed by atoms with van der Waals surface area (Å²) in [5.74, 6) is 2.85. The predicted molar refractivity (Wildman–Crippen MR) is 84.5 cm³/mol. The Morgan fingerprint density at radius 1 is 1.15 bits per heavy atom. The molecule has 0 saturated carbocycles. The van der Waals surface area contributed by atoms with Crippen molar-refractivity contribution >= 4 is 11.6 Å². The van der Waals surface area contributed by atoms with E-state index in [0.29, 0.717) is 19.1 Å². The third-order valence-corrected chi connectivity index (χ3v) is 2.85. The summed E-state index contributed by atoms with van der Waals surface area (Å²) in [5, 5.41) is 6.59. The number of hydrogen-bond acceptors (Lipinski definition) is 5. The monoisotopic (exact) mass is 280 g/mol. The summed E-state index contributed by atoms with van der Waals surface area (Å²) in [5.41, 5.74) is -0.212. The molecular formula is C15H28N4O. The van der Waals surface area contributed by atoms with Crippen molar-refractivity contribution in [2.24, 2.45) is 0 Å². The minimum absolute atomic E-state index is 0.212. The Morgan fingerprint density at radius 2 is 1.75 bits per heavy atom. The first-order valence-electron chi connectivity index (χ1n) is 7.38. The van der Waals surface area contributed by atoms with Crippen molar-refractivity contribution < 1.29 is 4.74 Å². The normalized spacial score (nSPS) is 11.8. The predicted octanol–water partition coefficient (Wildman–Crippen LogP) is 3.26. The minimum Gasteiger partial charge on any atom is -0.374 e. The maximum absolute atomic E-state index is 5.68. The molecule has 0 aliphatic rings. The highest BCUT2D eigenvalue weighted by Crippen LogP contribution is 2.18. The molecule has 0 aliphatic carbocycles. The van der Waals surface area contributed by atoms with Crippen LogP contribution in [0.2, 0.25) is 0 Å². The molecule has 0 spiro atoms. The van der Waals surface area contributed by atoms with Crippen molar-refractivity contribution in [3.63, 3.8) is 0 Å². The van der Waals surface area contributed by atoms with Crippen molar-refractivity contribution in [2.75, 3.05) is 30.3 Å². The molecule has 114 valence electrons. The molecule has 1 heterocycles. The van der Waals surface area contributed by atoms with Crippen molar-refractivity contribution in [2.45, 2.75) is 53.1 Å². The standard InChI is InChI=1S/C15H28N4O/c1-7-16-12-9-13(19-14(18-12)11(3)4)17-10-15(5,6)20-8-2/h9,11H,7-8,10H2,1-6H3,(H2,16,17,18,19). The molecule has 1 aromatic heterocycles. The Hall–Kier alpha value is -1.36. The van der Waals surface area contributed by atoms with Gasteiger partial charge in [0.05, 0.1) is 5.60 Å². The summed E-state index contributed by atoms with van der Waals surface area (Å²) >= 11 is 0. The molecule has 2 N–H and O–H groups in total. The van der Waals surface area contributed by atoms with Crippen molar-refractivity contribution in [1.82, 2.24) is 9.97 Å². The van der Waals surface area contributed by atoms with Gasteiger partial charge in [0.1, 0.15) is 17.5 Å². The zero-order valence-corrected chi connectivity index (χ0v) is 13.6. The second-order valence-corrected chi connectivity index (χ2v) is 5.73. The highest BCUT2D eigenvalue weighted by molar-refractivity contribution is 5.48. The van der Waals surface area contributed by atoms with Crippen LogP contribution in [0.4, 0.5) is 11.6 Å². The van der Waals surface area contributed by atoms with E-state index in [2.05, 4.69) is 55.2 Å². The van der Waals surface area contributed by atoms with Crippen LogP contribution in [0.3, 0.4) is 0 Å². The molecule has 0 atom stereocenters. The molecule has 0 amide bonds. The molecule has 1 aromatic rings. The van der Waals surface area contributed by atoms with E-state index >= 15 is 0 Å². The first kappa shape index (κ1) is 16.7. The Kier molecular flexibility index (Phi) is 6.20. The number of ether oxygens (including phenoxy) is 1. The van der Waals surface area contributed by atoms with E-state index in [1.165, 1.54) is 0 Å². The van der Waals surface area contributed by atoms with Gasteiger partial charge in [-0.15, -0.1) is 0 Å². The van der Waals surface area contributed by atoms with Crippen LogP contribution in [0.25, 0.3) is 0 Å². The molecule has 0 bridgehead atoms. The average molecular weight is 280 g/mol. The third-order valence-electron chi connectivity index (χ3n) is 2.85. The second-order valence-electron chi connectivity index (χ2n) is 5.73. The van der Waals surface area contributed by atoms with Crippen LogP contribution in [0.1, 0.15) is 53.3 Å². The summed E-state index contributed by atoms with van der Waals surface area (Å²) in [6.45, 7) is 14.7. The van der Waals surface area contributed by atoms with Gasteiger partial charge in [-0.2, -0.15) is 0 Å². The van der Waals surface area contributed by atoms with Gasteiger partial charge in [-0.1, -0.05) is 13.8 Å². The molecular weight excluding hydrogens is 252 g/mol. The van der Waals surface area contributed by atoms with E-state index in [1.54, 1.807) is 0 Å². The van der Waals surface area contributed by atoms with Gasteiger partial charge in [0, 0.05) is 31.7 Å². The average Bonchev–Trinajstić information content (AvgIpc) is 2.36. The van der Waals surface area contributed by atoms with Gasteiger partial charge in [-0.05, 0) is 27.7 Å². The van der Waals surface area contributed by atoms with Crippen LogP contribution >= 0.6 is 0 Å². The fourth-order valence-electron chi connectivity index (χ4n) is 1.83. The molecule has 5 nitrogen and oxygen atoms in total. The zero-order valence-electron chi connectivity index (χ0n) is 13.6. The maximum Gasteiger partial charge on any atom is 0.135 e. The summed E-state index contributed by atoms with van der Waals surface area (Å²) < 4.78 is 5.68. The van der Waals surface area contributed by atoms with Crippen LogP contribution in [-0.2, 0) is 4.74 Å². The molecule has 0 fully saturated rings. The number of nitrogens with one attached hydrogen (secondary N) is 2. The number of rotatable bonds is 8. The van der Waals surface area contributed by atoms with Gasteiger partial charge >= 0.3 is 0 Å². The molecule has 0 aromatic carbocycles. The van der Waals surface area contributed by atoms with Gasteiger partial charge in [0.25, 0.3) is 0 Å². The van der Waals surface area contributed by atoms with Gasteiger partial charge in [-0.3, -0.25) is 0 Å². The van der Waals surface area contributed by atoms with E-state index in [9.17, 15) is 0 Å². The highest BCUT2D eigenvalue weighted by Gasteiger charge is 2.18. The molecule has 0 radical (unpaired) electrons. The molecule has 0 unspecified atom stereocenters. The Morgan fingerprint density at radius 3 is 2.25 bits per heavy atom. The summed E-state index contributed by atoms with van der Waals surface area (Å²) in [4.78, 5) is 9.07. The van der Waals surface area contributed by atoms with Crippen LogP contribution in [0, 0.1) is 0 Å². The van der Waals surface area contributed by atoms with Crippen LogP contribution in [0.5, 0.6) is 0 Å². The number of nitrogens with zero attached hydrogens (tertiary/aromatic N) is 2. The summed E-state index contributed by atoms with van der Waals surface area (Å²) in [7, 11) is 0. The molecule has 1 rings (SSSR count). The SMILES string of the molecule is CCNc1cc(NCC(C)(C)OCC)nc(C(C)C)n1. The minimum atomic E-state index is -0.212. The van der Waals surface area contributed by atoms with Gasteiger partial charge in [0.15, 0.2) is 0 Å². The quantitative estimate of drug-likeness (QED) is 0.765. The van der Waals surface area contributed by atoms with E-state index in [4.69, 9.17) is 4.74 Å². The Balaban J connectivity index is 2.83. The van der Waals surface area contributed by atoms with E-state index in [0.717, 1.165) is 24.0 Å². The lowest BCUT2D eigenvalue weighted by Gasteiger charge is -2.25. The first-order chi connectivity index (χ1) is 9.38. The van der Waals surface area contributed by atoms with Crippen LogP contribution < -0.4 is 10.6 Å². The maximum atomic E-state index is 5.68. The third kappa shape index (κ3) is 5.33. The number of aromatic nitrogens is 2. The Bertz CT molecular complexity index is 418. The summed E-state index contributed by atoms with van der Waals surface area (Å²) in [6, 6.07) is 1.94. The first-order valence-corrected chi connectivity index (χ1v) is 7.38. The van der Waals surface area contributed by atoms with Crippen molar-refractivity contribution in [1.29, 1.82) is 0 Å². The zero-order chi connectivity index (χ0) is 15.2. The Labute approximate surface area is 122 Å². The van der Waals surface area contributed by atoms with Crippen molar-refractivity contribution in [3.05, 3.63) is 11.9 Å². The number of anilines is 2. The van der Waals surface area contributed by atoms with E-state index in [-0.39, 0.29) is 5.60 Å². The smallest absolute Gasteiger partial charge is 0.135 e. The second kappa shape index (κ2) is 7.43. The lowest BCUT2D eigenvalue weighted by atomic mass is 10.1. The summed E-state index contributed by atoms with van der Waals surface area (Å²) in [6.07, 6.45) is 0. The molecule has 0 aliphatic heterocycles. The fraction of sp³-hybridized carbons (Fsp3) is 0.733. The number of hydrogen-bond donors (Lipinski definition) is 2. The fourth-order valence-corrected chi connectivity index (χ4v) is 1.83. The highest BCUT2D eigenvalue weighted by atomic mass is 16.5. The lowest BCUT2D eigenvalue weighted by molar-refractivity contribution is 0.000637. The molecule has 0 saturated heterocycles. The van der Waals surface area contributed by atoms with Gasteiger partial charge in [0.2, 0.25) is 0 Å². The van der Waals surface area contributed by atoms with Crippen LogP contribution in [-0.4, -0.2) is 35.3 Å². The van der Waals surface area contributed by atoms with Gasteiger partial charge in [-0.25, -0.2) is 9.97 Å². The lowest BCUT2D eigenvalue weighted by Crippen LogP contribution is -2.33. The van der Waals surface area contributed by atoms with Crippen LogP contribution in [0.15, 0.2) is 6.07 Å². The van der Waals surface area contributed by atoms with Crippen molar-refractivity contribution in [3.8, 4) is 0 Å².